The van der Waals surface area contributed by atoms with Crippen LogP contribution in [-0.2, 0) is 12.8 Å². The van der Waals surface area contributed by atoms with Gasteiger partial charge in [0.25, 0.3) is 0 Å². The first-order chi connectivity index (χ1) is 8.63. The lowest BCUT2D eigenvalue weighted by Gasteiger charge is -2.31. The molecule has 0 amide bonds. The molecule has 5 nitrogen and oxygen atoms in total. The Morgan fingerprint density at radius 1 is 1.39 bits per heavy atom. The van der Waals surface area contributed by atoms with Crippen LogP contribution in [-0.4, -0.2) is 60.6 Å². The highest BCUT2D eigenvalue weighted by Crippen LogP contribution is 2.08. The summed E-state index contributed by atoms with van der Waals surface area (Å²) in [6.45, 7) is 7.61. The number of hydrogen-bond donors (Lipinski definition) is 1. The zero-order valence-electron chi connectivity index (χ0n) is 11.4. The van der Waals surface area contributed by atoms with Gasteiger partial charge in [0.2, 0.25) is 0 Å². The van der Waals surface area contributed by atoms with Crippen molar-refractivity contribution >= 4 is 0 Å². The number of oxazole rings is 1. The summed E-state index contributed by atoms with van der Waals surface area (Å²) in [5, 5.41) is 0. The molecule has 0 saturated carbocycles. The van der Waals surface area contributed by atoms with E-state index >= 15 is 0 Å². The Hall–Kier alpha value is -0.910. The minimum Gasteiger partial charge on any atom is -0.446 e. The molecule has 1 aliphatic heterocycles. The minimum atomic E-state index is 0.128. The first kappa shape index (κ1) is 13.5. The first-order valence-corrected chi connectivity index (χ1v) is 6.73. The van der Waals surface area contributed by atoms with Crippen LogP contribution in [0.2, 0.25) is 0 Å². The van der Waals surface area contributed by atoms with Crippen molar-refractivity contribution in [3.63, 3.8) is 0 Å². The van der Waals surface area contributed by atoms with Gasteiger partial charge in [-0.05, 0) is 14.0 Å². The quantitative estimate of drug-likeness (QED) is 0.819. The van der Waals surface area contributed by atoms with Crippen molar-refractivity contribution in [2.24, 2.45) is 5.73 Å². The number of hydrogen-bond acceptors (Lipinski definition) is 5. The average Bonchev–Trinajstić information content (AvgIpc) is 2.75. The van der Waals surface area contributed by atoms with Gasteiger partial charge in [-0.2, -0.15) is 0 Å². The van der Waals surface area contributed by atoms with Crippen LogP contribution in [0.4, 0.5) is 0 Å². The molecule has 2 rings (SSSR count). The molecular formula is C13H24N4O. The average molecular weight is 252 g/mol. The summed E-state index contributed by atoms with van der Waals surface area (Å²) >= 11 is 0. The van der Waals surface area contributed by atoms with Crippen LogP contribution in [0.15, 0.2) is 10.6 Å². The third kappa shape index (κ3) is 4.08. The van der Waals surface area contributed by atoms with Gasteiger partial charge in [0.15, 0.2) is 5.89 Å². The zero-order chi connectivity index (χ0) is 13.0. The van der Waals surface area contributed by atoms with Crippen LogP contribution in [0.1, 0.15) is 18.6 Å². The summed E-state index contributed by atoms with van der Waals surface area (Å²) in [6, 6.07) is 0.128. The summed E-state index contributed by atoms with van der Waals surface area (Å²) in [5.74, 6) is 1.74. The summed E-state index contributed by atoms with van der Waals surface area (Å²) in [4.78, 5) is 9.14. The van der Waals surface area contributed by atoms with Crippen LogP contribution in [0.25, 0.3) is 0 Å². The van der Waals surface area contributed by atoms with Gasteiger partial charge in [-0.25, -0.2) is 4.98 Å². The van der Waals surface area contributed by atoms with Crippen molar-refractivity contribution in [2.45, 2.75) is 25.8 Å². The van der Waals surface area contributed by atoms with E-state index < -0.39 is 0 Å². The van der Waals surface area contributed by atoms with E-state index in [0.717, 1.165) is 57.2 Å². The van der Waals surface area contributed by atoms with E-state index in [-0.39, 0.29) is 6.04 Å². The van der Waals surface area contributed by atoms with E-state index in [1.807, 2.05) is 13.1 Å². The molecule has 1 atom stereocenters. The molecule has 5 heteroatoms. The smallest absolute Gasteiger partial charge is 0.195 e. The fourth-order valence-electron chi connectivity index (χ4n) is 2.20. The molecule has 1 aromatic heterocycles. The van der Waals surface area contributed by atoms with Crippen LogP contribution in [0.5, 0.6) is 0 Å². The predicted molar refractivity (Wildman–Crippen MR) is 71.5 cm³/mol. The SMILES string of the molecule is CC(N)Cc1cnc(CCN2CCN(C)CC2)o1. The van der Waals surface area contributed by atoms with Gasteiger partial charge >= 0.3 is 0 Å². The fraction of sp³-hybridized carbons (Fsp3) is 0.769. The predicted octanol–water partition coefficient (Wildman–Crippen LogP) is 0.354. The van der Waals surface area contributed by atoms with Crippen LogP contribution < -0.4 is 5.73 Å². The Labute approximate surface area is 109 Å². The van der Waals surface area contributed by atoms with Gasteiger partial charge in [0.1, 0.15) is 5.76 Å². The monoisotopic (exact) mass is 252 g/mol. The van der Waals surface area contributed by atoms with Gasteiger partial charge in [-0.1, -0.05) is 0 Å². The van der Waals surface area contributed by atoms with Gasteiger partial charge < -0.3 is 20.0 Å². The normalized spacial score (nSPS) is 20.2. The molecule has 0 aromatic carbocycles. The number of nitrogens with two attached hydrogens (primary N) is 1. The van der Waals surface area contributed by atoms with Crippen LogP contribution in [0.3, 0.4) is 0 Å². The van der Waals surface area contributed by atoms with Crippen molar-refractivity contribution in [1.82, 2.24) is 14.8 Å². The van der Waals surface area contributed by atoms with Gasteiger partial charge in [-0.15, -0.1) is 0 Å². The van der Waals surface area contributed by atoms with Gasteiger partial charge in [0.05, 0.1) is 6.20 Å². The maximum Gasteiger partial charge on any atom is 0.195 e. The van der Waals surface area contributed by atoms with Crippen molar-refractivity contribution in [3.05, 3.63) is 17.8 Å². The standard InChI is InChI=1S/C13H24N4O/c1-11(14)9-12-10-15-13(18-12)3-4-17-7-5-16(2)6-8-17/h10-11H,3-9,14H2,1-2H3. The Morgan fingerprint density at radius 3 is 2.78 bits per heavy atom. The topological polar surface area (TPSA) is 58.5 Å². The molecule has 0 aliphatic carbocycles. The van der Waals surface area contributed by atoms with Gasteiger partial charge in [0, 0.05) is 51.6 Å². The number of rotatable bonds is 5. The second kappa shape index (κ2) is 6.31. The highest BCUT2D eigenvalue weighted by molar-refractivity contribution is 4.96. The first-order valence-electron chi connectivity index (χ1n) is 6.73. The third-order valence-corrected chi connectivity index (χ3v) is 3.36. The number of piperazine rings is 1. The zero-order valence-corrected chi connectivity index (χ0v) is 11.4. The summed E-state index contributed by atoms with van der Waals surface area (Å²) in [6.07, 6.45) is 3.47. The van der Waals surface area contributed by atoms with Crippen molar-refractivity contribution in [1.29, 1.82) is 0 Å². The Kier molecular flexibility index (Phi) is 4.74. The number of aromatic nitrogens is 1. The van der Waals surface area contributed by atoms with E-state index in [2.05, 4.69) is 21.8 Å². The maximum absolute atomic E-state index is 5.74. The van der Waals surface area contributed by atoms with Crippen molar-refractivity contribution < 1.29 is 4.42 Å². The highest BCUT2D eigenvalue weighted by atomic mass is 16.4. The molecule has 1 aliphatic rings. The lowest BCUT2D eigenvalue weighted by molar-refractivity contribution is 0.153. The summed E-state index contributed by atoms with van der Waals surface area (Å²) in [7, 11) is 2.17. The highest BCUT2D eigenvalue weighted by Gasteiger charge is 2.14. The molecule has 0 spiro atoms. The van der Waals surface area contributed by atoms with E-state index in [9.17, 15) is 0 Å². The second-order valence-corrected chi connectivity index (χ2v) is 5.30. The minimum absolute atomic E-state index is 0.128. The molecular weight excluding hydrogens is 228 g/mol. The molecule has 18 heavy (non-hydrogen) atoms. The molecule has 2 heterocycles. The fourth-order valence-corrected chi connectivity index (χ4v) is 2.20. The molecule has 1 saturated heterocycles. The molecule has 0 radical (unpaired) electrons. The van der Waals surface area contributed by atoms with E-state index in [1.54, 1.807) is 0 Å². The Morgan fingerprint density at radius 2 is 2.11 bits per heavy atom. The number of nitrogens with zero attached hydrogens (tertiary/aromatic N) is 3. The number of likely N-dealkylation sites (N-methyl/N-ethyl adjacent to an activating group) is 1. The lowest BCUT2D eigenvalue weighted by atomic mass is 10.2. The molecule has 1 fully saturated rings. The molecule has 1 aromatic rings. The van der Waals surface area contributed by atoms with E-state index in [0.29, 0.717) is 0 Å². The lowest BCUT2D eigenvalue weighted by Crippen LogP contribution is -2.45. The molecule has 2 N–H and O–H groups in total. The van der Waals surface area contributed by atoms with Crippen LogP contribution in [0, 0.1) is 0 Å². The van der Waals surface area contributed by atoms with Crippen LogP contribution >= 0.6 is 0 Å². The van der Waals surface area contributed by atoms with Crippen molar-refractivity contribution in [3.8, 4) is 0 Å². The summed E-state index contributed by atoms with van der Waals surface area (Å²) in [5.41, 5.74) is 5.74. The van der Waals surface area contributed by atoms with Gasteiger partial charge in [-0.3, -0.25) is 0 Å². The molecule has 0 bridgehead atoms. The molecule has 1 unspecified atom stereocenters. The third-order valence-electron chi connectivity index (χ3n) is 3.36. The van der Waals surface area contributed by atoms with E-state index in [4.69, 9.17) is 10.2 Å². The molecule has 102 valence electrons. The second-order valence-electron chi connectivity index (χ2n) is 5.30. The largest absolute Gasteiger partial charge is 0.446 e. The maximum atomic E-state index is 5.74. The Balaban J connectivity index is 1.74. The van der Waals surface area contributed by atoms with E-state index in [1.165, 1.54) is 0 Å². The van der Waals surface area contributed by atoms with Crippen molar-refractivity contribution in [2.75, 3.05) is 39.8 Å². The summed E-state index contributed by atoms with van der Waals surface area (Å²) < 4.78 is 5.68. The Bertz CT molecular complexity index is 356.